The standard InChI is InChI=1S/C13H18N4O/c1-17-9-11(8-15-17)7-12(16-14)10-18-13-5-3-2-4-6-13/h2-6,8-9,12,16H,7,10,14H2,1H3. The van der Waals surface area contributed by atoms with Crippen LogP contribution < -0.4 is 16.0 Å². The van der Waals surface area contributed by atoms with E-state index in [0.29, 0.717) is 6.61 Å². The van der Waals surface area contributed by atoms with E-state index >= 15 is 0 Å². The number of hydrogen-bond acceptors (Lipinski definition) is 4. The molecule has 0 radical (unpaired) electrons. The summed E-state index contributed by atoms with van der Waals surface area (Å²) in [6.45, 7) is 0.523. The van der Waals surface area contributed by atoms with Crippen LogP contribution in [-0.2, 0) is 13.5 Å². The minimum absolute atomic E-state index is 0.0643. The third-order valence-corrected chi connectivity index (χ3v) is 2.67. The number of nitrogens with two attached hydrogens (primary N) is 1. The highest BCUT2D eigenvalue weighted by atomic mass is 16.5. The molecule has 0 aliphatic carbocycles. The van der Waals surface area contributed by atoms with E-state index in [1.54, 1.807) is 4.68 Å². The van der Waals surface area contributed by atoms with Crippen LogP contribution in [-0.4, -0.2) is 22.4 Å². The van der Waals surface area contributed by atoms with Gasteiger partial charge in [-0.1, -0.05) is 18.2 Å². The Morgan fingerprint density at radius 1 is 1.39 bits per heavy atom. The number of nitrogens with zero attached hydrogens (tertiary/aromatic N) is 2. The van der Waals surface area contributed by atoms with Gasteiger partial charge in [0.1, 0.15) is 12.4 Å². The number of benzene rings is 1. The summed E-state index contributed by atoms with van der Waals surface area (Å²) in [7, 11) is 1.90. The van der Waals surface area contributed by atoms with Crippen molar-refractivity contribution in [2.24, 2.45) is 12.9 Å². The number of hydrazine groups is 1. The lowest BCUT2D eigenvalue weighted by atomic mass is 10.1. The Morgan fingerprint density at radius 3 is 2.78 bits per heavy atom. The summed E-state index contributed by atoms with van der Waals surface area (Å²) in [6.07, 6.45) is 4.61. The van der Waals surface area contributed by atoms with E-state index in [0.717, 1.165) is 17.7 Å². The fraction of sp³-hybridized carbons (Fsp3) is 0.308. The summed E-state index contributed by atoms with van der Waals surface area (Å²) in [5, 5.41) is 4.13. The largest absolute Gasteiger partial charge is 0.492 e. The van der Waals surface area contributed by atoms with Crippen LogP contribution in [0, 0.1) is 0 Å². The van der Waals surface area contributed by atoms with Crippen LogP contribution in [0.15, 0.2) is 42.7 Å². The van der Waals surface area contributed by atoms with Gasteiger partial charge in [0.05, 0.1) is 12.2 Å². The quantitative estimate of drug-likeness (QED) is 0.586. The average Bonchev–Trinajstić information content (AvgIpc) is 2.81. The van der Waals surface area contributed by atoms with Crippen LogP contribution in [0.25, 0.3) is 0 Å². The zero-order valence-corrected chi connectivity index (χ0v) is 10.4. The highest BCUT2D eigenvalue weighted by Crippen LogP contribution is 2.09. The molecule has 2 rings (SSSR count). The lowest BCUT2D eigenvalue weighted by Crippen LogP contribution is -2.41. The van der Waals surface area contributed by atoms with Gasteiger partial charge in [0, 0.05) is 13.2 Å². The molecule has 1 aromatic heterocycles. The Hall–Kier alpha value is -1.85. The minimum atomic E-state index is 0.0643. The second-order valence-corrected chi connectivity index (χ2v) is 4.21. The highest BCUT2D eigenvalue weighted by molar-refractivity contribution is 5.21. The molecule has 1 aromatic carbocycles. The number of hydrogen-bond donors (Lipinski definition) is 2. The summed E-state index contributed by atoms with van der Waals surface area (Å²) in [5.74, 6) is 6.39. The van der Waals surface area contributed by atoms with Crippen molar-refractivity contribution in [1.29, 1.82) is 0 Å². The smallest absolute Gasteiger partial charge is 0.119 e. The van der Waals surface area contributed by atoms with Gasteiger partial charge >= 0.3 is 0 Å². The average molecular weight is 246 g/mol. The second kappa shape index (κ2) is 6.18. The fourth-order valence-corrected chi connectivity index (χ4v) is 1.74. The predicted octanol–water partition coefficient (Wildman–Crippen LogP) is 0.873. The Balaban J connectivity index is 1.86. The number of aryl methyl sites for hydroxylation is 1. The van der Waals surface area contributed by atoms with Gasteiger partial charge in [0.25, 0.3) is 0 Å². The number of ether oxygens (including phenoxy) is 1. The lowest BCUT2D eigenvalue weighted by molar-refractivity contribution is 0.264. The van der Waals surface area contributed by atoms with E-state index in [1.807, 2.05) is 49.8 Å². The molecule has 96 valence electrons. The van der Waals surface area contributed by atoms with Crippen molar-refractivity contribution in [3.63, 3.8) is 0 Å². The molecule has 0 aliphatic rings. The van der Waals surface area contributed by atoms with Crippen LogP contribution in [0.4, 0.5) is 0 Å². The van der Waals surface area contributed by atoms with Crippen molar-refractivity contribution in [3.05, 3.63) is 48.3 Å². The van der Waals surface area contributed by atoms with E-state index in [4.69, 9.17) is 10.6 Å². The molecule has 0 amide bonds. The van der Waals surface area contributed by atoms with Crippen molar-refractivity contribution < 1.29 is 4.74 Å². The molecule has 5 nitrogen and oxygen atoms in total. The van der Waals surface area contributed by atoms with E-state index in [2.05, 4.69) is 10.5 Å². The maximum absolute atomic E-state index is 5.67. The molecule has 0 aliphatic heterocycles. The van der Waals surface area contributed by atoms with E-state index < -0.39 is 0 Å². The summed E-state index contributed by atoms with van der Waals surface area (Å²) in [5.41, 5.74) is 3.90. The molecule has 1 unspecified atom stereocenters. The summed E-state index contributed by atoms with van der Waals surface area (Å²) >= 11 is 0. The van der Waals surface area contributed by atoms with E-state index in [1.165, 1.54) is 0 Å². The van der Waals surface area contributed by atoms with Crippen molar-refractivity contribution in [3.8, 4) is 5.75 Å². The zero-order chi connectivity index (χ0) is 12.8. The van der Waals surface area contributed by atoms with Gasteiger partial charge in [-0.25, -0.2) is 0 Å². The maximum atomic E-state index is 5.67. The molecule has 0 bridgehead atoms. The van der Waals surface area contributed by atoms with Crippen LogP contribution in [0.1, 0.15) is 5.56 Å². The molecule has 0 fully saturated rings. The third-order valence-electron chi connectivity index (χ3n) is 2.67. The SMILES string of the molecule is Cn1cc(CC(COc2ccccc2)NN)cn1. The van der Waals surface area contributed by atoms with Gasteiger partial charge in [-0.2, -0.15) is 5.10 Å². The highest BCUT2D eigenvalue weighted by Gasteiger charge is 2.09. The van der Waals surface area contributed by atoms with Crippen molar-refractivity contribution in [2.45, 2.75) is 12.5 Å². The first-order valence-corrected chi connectivity index (χ1v) is 5.89. The van der Waals surface area contributed by atoms with Gasteiger partial charge in [-0.3, -0.25) is 16.0 Å². The van der Waals surface area contributed by atoms with Crippen LogP contribution in [0.3, 0.4) is 0 Å². The van der Waals surface area contributed by atoms with Crippen molar-refractivity contribution in [1.82, 2.24) is 15.2 Å². The number of para-hydroxylation sites is 1. The van der Waals surface area contributed by atoms with Gasteiger partial charge in [0.2, 0.25) is 0 Å². The van der Waals surface area contributed by atoms with Gasteiger partial charge < -0.3 is 4.74 Å². The van der Waals surface area contributed by atoms with E-state index in [-0.39, 0.29) is 6.04 Å². The van der Waals surface area contributed by atoms with Gasteiger partial charge in [-0.15, -0.1) is 0 Å². The molecule has 3 N–H and O–H groups in total. The molecular weight excluding hydrogens is 228 g/mol. The fourth-order valence-electron chi connectivity index (χ4n) is 1.74. The maximum Gasteiger partial charge on any atom is 0.119 e. The first-order valence-electron chi connectivity index (χ1n) is 5.89. The first kappa shape index (κ1) is 12.6. The summed E-state index contributed by atoms with van der Waals surface area (Å²) in [4.78, 5) is 0. The van der Waals surface area contributed by atoms with Crippen molar-refractivity contribution in [2.75, 3.05) is 6.61 Å². The molecule has 5 heteroatoms. The Morgan fingerprint density at radius 2 is 2.17 bits per heavy atom. The summed E-state index contributed by atoms with van der Waals surface area (Å²) in [6, 6.07) is 9.77. The molecule has 2 aromatic rings. The number of aromatic nitrogens is 2. The predicted molar refractivity (Wildman–Crippen MR) is 70.0 cm³/mol. The van der Waals surface area contributed by atoms with Crippen molar-refractivity contribution >= 4 is 0 Å². The third kappa shape index (κ3) is 3.58. The summed E-state index contributed by atoms with van der Waals surface area (Å²) < 4.78 is 7.45. The van der Waals surface area contributed by atoms with E-state index in [9.17, 15) is 0 Å². The van der Waals surface area contributed by atoms with Gasteiger partial charge in [0.15, 0.2) is 0 Å². The van der Waals surface area contributed by atoms with Crippen LogP contribution >= 0.6 is 0 Å². The molecule has 0 saturated heterocycles. The molecule has 1 heterocycles. The Labute approximate surface area is 107 Å². The zero-order valence-electron chi connectivity index (χ0n) is 10.4. The van der Waals surface area contributed by atoms with Crippen LogP contribution in [0.5, 0.6) is 5.75 Å². The molecule has 1 atom stereocenters. The minimum Gasteiger partial charge on any atom is -0.492 e. The Bertz CT molecular complexity index is 469. The molecule has 0 spiro atoms. The molecule has 0 saturated carbocycles. The number of rotatable bonds is 6. The van der Waals surface area contributed by atoms with Crippen LogP contribution in [0.2, 0.25) is 0 Å². The van der Waals surface area contributed by atoms with Gasteiger partial charge in [-0.05, 0) is 24.1 Å². The second-order valence-electron chi connectivity index (χ2n) is 4.21. The topological polar surface area (TPSA) is 65.1 Å². The molecular formula is C13H18N4O. The number of nitrogens with one attached hydrogen (secondary N) is 1. The normalized spacial score (nSPS) is 12.3. The lowest BCUT2D eigenvalue weighted by Gasteiger charge is -2.15. The molecule has 18 heavy (non-hydrogen) atoms. The first-order chi connectivity index (χ1) is 8.78. The monoisotopic (exact) mass is 246 g/mol. The Kier molecular flexibility index (Phi) is 4.33.